The van der Waals surface area contributed by atoms with Crippen molar-refractivity contribution in [3.8, 4) is 11.3 Å². The Labute approximate surface area is 142 Å². The van der Waals surface area contributed by atoms with Gasteiger partial charge in [0.1, 0.15) is 0 Å². The summed E-state index contributed by atoms with van der Waals surface area (Å²) >= 11 is 0. The monoisotopic (exact) mass is 327 g/mol. The summed E-state index contributed by atoms with van der Waals surface area (Å²) in [6.45, 7) is 7.42. The van der Waals surface area contributed by atoms with Gasteiger partial charge in [-0.1, -0.05) is 0 Å². The maximum Gasteiger partial charge on any atom is 0.219 e. The quantitative estimate of drug-likeness (QED) is 0.868. The smallest absolute Gasteiger partial charge is 0.219 e. The maximum atomic E-state index is 11.4. The minimum atomic E-state index is 0.180. The van der Waals surface area contributed by atoms with Crippen LogP contribution in [0.2, 0.25) is 0 Å². The highest BCUT2D eigenvalue weighted by Crippen LogP contribution is 2.25. The lowest BCUT2D eigenvalue weighted by Crippen LogP contribution is -2.37. The summed E-state index contributed by atoms with van der Waals surface area (Å²) < 4.78 is 1.88. The molecule has 6 heteroatoms. The van der Waals surface area contributed by atoms with Gasteiger partial charge in [0, 0.05) is 44.5 Å². The van der Waals surface area contributed by atoms with Crippen LogP contribution in [0.15, 0.2) is 12.4 Å². The number of aryl methyl sites for hydroxylation is 2. The number of hydrogen-bond donors (Lipinski definition) is 0. The Morgan fingerprint density at radius 2 is 1.92 bits per heavy atom. The first-order valence-electron chi connectivity index (χ1n) is 8.52. The van der Waals surface area contributed by atoms with Crippen LogP contribution in [-0.4, -0.2) is 43.6 Å². The van der Waals surface area contributed by atoms with Gasteiger partial charge in [-0.3, -0.25) is 19.4 Å². The van der Waals surface area contributed by atoms with E-state index in [1.807, 2.05) is 42.9 Å². The fraction of sp³-hybridized carbons (Fsp3) is 0.556. The average molecular weight is 327 g/mol. The molecule has 3 heterocycles. The molecule has 0 aliphatic carbocycles. The standard InChI is InChI=1S/C18H25N5O/c1-12-18(13(2)22(4)21-12)17-11-19-16(10-20-17)9-15-5-7-23(8-6-15)14(3)24/h10-11,15H,5-9H2,1-4H3. The van der Waals surface area contributed by atoms with Gasteiger partial charge in [0.05, 0.1) is 23.3 Å². The molecule has 1 aliphatic heterocycles. The second-order valence-electron chi connectivity index (χ2n) is 6.72. The first-order valence-corrected chi connectivity index (χ1v) is 8.52. The molecule has 128 valence electrons. The molecule has 0 aromatic carbocycles. The van der Waals surface area contributed by atoms with Crippen molar-refractivity contribution in [1.82, 2.24) is 24.6 Å². The highest BCUT2D eigenvalue weighted by molar-refractivity contribution is 5.73. The first kappa shape index (κ1) is 16.6. The van der Waals surface area contributed by atoms with Crippen LogP contribution >= 0.6 is 0 Å². The largest absolute Gasteiger partial charge is 0.343 e. The number of amides is 1. The Hall–Kier alpha value is -2.24. The predicted molar refractivity (Wildman–Crippen MR) is 92.4 cm³/mol. The van der Waals surface area contributed by atoms with E-state index >= 15 is 0 Å². The lowest BCUT2D eigenvalue weighted by molar-refractivity contribution is -0.130. The Balaban J connectivity index is 1.66. The zero-order valence-electron chi connectivity index (χ0n) is 14.9. The fourth-order valence-electron chi connectivity index (χ4n) is 3.48. The van der Waals surface area contributed by atoms with E-state index in [-0.39, 0.29) is 5.91 Å². The number of rotatable bonds is 3. The van der Waals surface area contributed by atoms with Crippen molar-refractivity contribution in [2.75, 3.05) is 13.1 Å². The van der Waals surface area contributed by atoms with Crippen LogP contribution in [0.1, 0.15) is 36.8 Å². The molecule has 1 fully saturated rings. The first-order chi connectivity index (χ1) is 11.5. The van der Waals surface area contributed by atoms with Gasteiger partial charge in [-0.05, 0) is 39.0 Å². The Morgan fingerprint density at radius 3 is 2.42 bits per heavy atom. The number of hydrogen-bond acceptors (Lipinski definition) is 4. The van der Waals surface area contributed by atoms with Crippen molar-refractivity contribution >= 4 is 5.91 Å². The molecular weight excluding hydrogens is 302 g/mol. The topological polar surface area (TPSA) is 63.9 Å². The summed E-state index contributed by atoms with van der Waals surface area (Å²) in [4.78, 5) is 22.5. The fourth-order valence-corrected chi connectivity index (χ4v) is 3.48. The van der Waals surface area contributed by atoms with Gasteiger partial charge < -0.3 is 4.90 Å². The number of carbonyl (C=O) groups is 1. The van der Waals surface area contributed by atoms with E-state index in [2.05, 4.69) is 15.1 Å². The number of carbonyl (C=O) groups excluding carboxylic acids is 1. The number of nitrogens with zero attached hydrogens (tertiary/aromatic N) is 5. The second-order valence-corrected chi connectivity index (χ2v) is 6.72. The molecule has 0 unspecified atom stereocenters. The molecule has 2 aromatic rings. The van der Waals surface area contributed by atoms with Crippen molar-refractivity contribution in [3.05, 3.63) is 29.5 Å². The molecule has 0 spiro atoms. The van der Waals surface area contributed by atoms with Crippen molar-refractivity contribution in [3.63, 3.8) is 0 Å². The van der Waals surface area contributed by atoms with E-state index in [0.29, 0.717) is 5.92 Å². The highest BCUT2D eigenvalue weighted by Gasteiger charge is 2.21. The zero-order valence-corrected chi connectivity index (χ0v) is 14.9. The predicted octanol–water partition coefficient (Wildman–Crippen LogP) is 2.29. The van der Waals surface area contributed by atoms with E-state index < -0.39 is 0 Å². The third-order valence-corrected chi connectivity index (χ3v) is 5.03. The van der Waals surface area contributed by atoms with Crippen molar-refractivity contribution in [2.24, 2.45) is 13.0 Å². The van der Waals surface area contributed by atoms with E-state index in [0.717, 1.165) is 60.7 Å². The summed E-state index contributed by atoms with van der Waals surface area (Å²) in [6.07, 6.45) is 6.77. The molecule has 6 nitrogen and oxygen atoms in total. The summed E-state index contributed by atoms with van der Waals surface area (Å²) in [5.41, 5.74) is 5.07. The molecule has 0 N–H and O–H groups in total. The van der Waals surface area contributed by atoms with Crippen LogP contribution in [0.5, 0.6) is 0 Å². The summed E-state index contributed by atoms with van der Waals surface area (Å²) in [5.74, 6) is 0.766. The Bertz CT molecular complexity index is 727. The van der Waals surface area contributed by atoms with Crippen LogP contribution in [-0.2, 0) is 18.3 Å². The third-order valence-electron chi connectivity index (χ3n) is 5.03. The summed E-state index contributed by atoms with van der Waals surface area (Å²) in [7, 11) is 1.95. The van der Waals surface area contributed by atoms with E-state index in [1.54, 1.807) is 6.92 Å². The van der Waals surface area contributed by atoms with Gasteiger partial charge in [-0.2, -0.15) is 5.10 Å². The molecule has 0 radical (unpaired) electrons. The Kier molecular flexibility index (Phi) is 4.64. The van der Waals surface area contributed by atoms with Gasteiger partial charge in [-0.25, -0.2) is 0 Å². The van der Waals surface area contributed by atoms with E-state index in [1.165, 1.54) is 0 Å². The van der Waals surface area contributed by atoms with Gasteiger partial charge in [0.25, 0.3) is 0 Å². The number of likely N-dealkylation sites (tertiary alicyclic amines) is 1. The minimum absolute atomic E-state index is 0.180. The molecule has 3 rings (SSSR count). The van der Waals surface area contributed by atoms with Crippen LogP contribution in [0.3, 0.4) is 0 Å². The van der Waals surface area contributed by atoms with Crippen LogP contribution < -0.4 is 0 Å². The van der Waals surface area contributed by atoms with Crippen LogP contribution in [0, 0.1) is 19.8 Å². The SMILES string of the molecule is CC(=O)N1CCC(Cc2cnc(-c3c(C)nn(C)c3C)cn2)CC1. The van der Waals surface area contributed by atoms with Crippen molar-refractivity contribution < 1.29 is 4.79 Å². The van der Waals surface area contributed by atoms with Gasteiger partial charge >= 0.3 is 0 Å². The van der Waals surface area contributed by atoms with Crippen molar-refractivity contribution in [2.45, 2.75) is 40.0 Å². The van der Waals surface area contributed by atoms with Crippen molar-refractivity contribution in [1.29, 1.82) is 0 Å². The molecule has 1 saturated heterocycles. The third kappa shape index (κ3) is 3.32. The normalized spacial score (nSPS) is 15.8. The molecule has 2 aromatic heterocycles. The number of piperidine rings is 1. The second kappa shape index (κ2) is 6.71. The Morgan fingerprint density at radius 1 is 1.21 bits per heavy atom. The highest BCUT2D eigenvalue weighted by atomic mass is 16.2. The molecular formula is C18H25N5O. The van der Waals surface area contributed by atoms with Crippen LogP contribution in [0.4, 0.5) is 0 Å². The summed E-state index contributed by atoms with van der Waals surface area (Å²) in [6, 6.07) is 0. The average Bonchev–Trinajstić information content (AvgIpc) is 2.81. The maximum absolute atomic E-state index is 11.4. The lowest BCUT2D eigenvalue weighted by Gasteiger charge is -2.31. The zero-order chi connectivity index (χ0) is 17.3. The van der Waals surface area contributed by atoms with Gasteiger partial charge in [-0.15, -0.1) is 0 Å². The molecule has 0 atom stereocenters. The molecule has 0 saturated carbocycles. The molecule has 0 bridgehead atoms. The van der Waals surface area contributed by atoms with Gasteiger partial charge in [0.15, 0.2) is 0 Å². The van der Waals surface area contributed by atoms with Crippen LogP contribution in [0.25, 0.3) is 11.3 Å². The molecule has 24 heavy (non-hydrogen) atoms. The van der Waals surface area contributed by atoms with E-state index in [4.69, 9.17) is 0 Å². The minimum Gasteiger partial charge on any atom is -0.343 e. The van der Waals surface area contributed by atoms with Gasteiger partial charge in [0.2, 0.25) is 5.91 Å². The summed E-state index contributed by atoms with van der Waals surface area (Å²) in [5, 5.41) is 4.44. The lowest BCUT2D eigenvalue weighted by atomic mass is 9.92. The molecule has 1 amide bonds. The number of aromatic nitrogens is 4. The molecule has 1 aliphatic rings. The van der Waals surface area contributed by atoms with E-state index in [9.17, 15) is 4.79 Å².